The van der Waals surface area contributed by atoms with Gasteiger partial charge in [-0.05, 0) is 46.5 Å². The molecule has 2 fully saturated rings. The standard InChI is InChI=1S/C21H33N5O4/c1-21(2,3)30-20(29)25-10-7-16(8-11-25)23-19(28)15-6-5-9-26(14-15)17-12-18(27)24(4)22-13-17/h12-13,15-16H,5-11,14H2,1-4H3,(H,23,28)/t15-/m0/s1. The molecule has 0 unspecified atom stereocenters. The van der Waals surface area contributed by atoms with Crippen molar-refractivity contribution < 1.29 is 14.3 Å². The van der Waals surface area contributed by atoms with Crippen molar-refractivity contribution in [1.82, 2.24) is 20.0 Å². The molecule has 1 aromatic rings. The number of carbonyl (C=O) groups is 2. The maximum atomic E-state index is 12.8. The minimum Gasteiger partial charge on any atom is -0.444 e. The second kappa shape index (κ2) is 9.06. The SMILES string of the molecule is Cn1ncc(N2CCC[C@H](C(=O)NC3CCN(C(=O)OC(C)(C)C)CC3)C2)cc1=O. The lowest BCUT2D eigenvalue weighted by atomic mass is 9.95. The summed E-state index contributed by atoms with van der Waals surface area (Å²) in [6.45, 7) is 8.12. The van der Waals surface area contributed by atoms with Gasteiger partial charge in [0.2, 0.25) is 5.91 Å². The zero-order valence-electron chi connectivity index (χ0n) is 18.4. The van der Waals surface area contributed by atoms with Crippen LogP contribution in [0.5, 0.6) is 0 Å². The molecule has 0 saturated carbocycles. The van der Waals surface area contributed by atoms with Crippen molar-refractivity contribution in [2.24, 2.45) is 13.0 Å². The molecular formula is C21H33N5O4. The van der Waals surface area contributed by atoms with Crippen molar-refractivity contribution in [2.75, 3.05) is 31.1 Å². The molecule has 2 saturated heterocycles. The lowest BCUT2D eigenvalue weighted by Gasteiger charge is -2.36. The van der Waals surface area contributed by atoms with E-state index in [0.717, 1.165) is 37.9 Å². The van der Waals surface area contributed by atoms with E-state index >= 15 is 0 Å². The topological polar surface area (TPSA) is 96.8 Å². The summed E-state index contributed by atoms with van der Waals surface area (Å²) >= 11 is 0. The predicted octanol–water partition coefficient (Wildman–Crippen LogP) is 1.51. The Balaban J connectivity index is 1.49. The van der Waals surface area contributed by atoms with Gasteiger partial charge in [0.1, 0.15) is 5.60 Å². The van der Waals surface area contributed by atoms with Crippen LogP contribution < -0.4 is 15.8 Å². The molecule has 0 bridgehead atoms. The van der Waals surface area contributed by atoms with Crippen LogP contribution in [0.25, 0.3) is 0 Å². The Kier molecular flexibility index (Phi) is 6.67. The van der Waals surface area contributed by atoms with Gasteiger partial charge in [-0.15, -0.1) is 0 Å². The Bertz CT molecular complexity index is 823. The number of hydrogen-bond acceptors (Lipinski definition) is 6. The predicted molar refractivity (Wildman–Crippen MR) is 113 cm³/mol. The summed E-state index contributed by atoms with van der Waals surface area (Å²) < 4.78 is 6.72. The summed E-state index contributed by atoms with van der Waals surface area (Å²) in [5.74, 6) is -0.0705. The first kappa shape index (κ1) is 22.1. The molecule has 1 atom stereocenters. The second-order valence-corrected chi connectivity index (χ2v) is 9.21. The van der Waals surface area contributed by atoms with Crippen LogP contribution in [0.4, 0.5) is 10.5 Å². The summed E-state index contributed by atoms with van der Waals surface area (Å²) in [5, 5.41) is 7.24. The molecular weight excluding hydrogens is 386 g/mol. The van der Waals surface area contributed by atoms with E-state index < -0.39 is 5.60 Å². The summed E-state index contributed by atoms with van der Waals surface area (Å²) in [5.41, 5.74) is 0.102. The lowest BCUT2D eigenvalue weighted by molar-refractivity contribution is -0.126. The van der Waals surface area contributed by atoms with E-state index in [-0.39, 0.29) is 29.5 Å². The molecule has 3 rings (SSSR count). The Morgan fingerprint density at radius 3 is 2.50 bits per heavy atom. The first-order chi connectivity index (χ1) is 14.1. The number of likely N-dealkylation sites (tertiary alicyclic amines) is 1. The van der Waals surface area contributed by atoms with Gasteiger partial charge in [0.05, 0.1) is 17.8 Å². The Morgan fingerprint density at radius 2 is 1.87 bits per heavy atom. The van der Waals surface area contributed by atoms with E-state index in [4.69, 9.17) is 4.74 Å². The maximum Gasteiger partial charge on any atom is 0.410 e. The highest BCUT2D eigenvalue weighted by Crippen LogP contribution is 2.23. The number of nitrogens with zero attached hydrogens (tertiary/aromatic N) is 4. The highest BCUT2D eigenvalue weighted by Gasteiger charge is 2.31. The molecule has 2 amide bonds. The fourth-order valence-electron chi connectivity index (χ4n) is 3.91. The Labute approximate surface area is 177 Å². The third-order valence-electron chi connectivity index (χ3n) is 5.60. The van der Waals surface area contributed by atoms with Gasteiger partial charge in [-0.25, -0.2) is 9.48 Å². The van der Waals surface area contributed by atoms with E-state index in [9.17, 15) is 14.4 Å². The average Bonchev–Trinajstić information content (AvgIpc) is 2.69. The molecule has 9 nitrogen and oxygen atoms in total. The van der Waals surface area contributed by atoms with Crippen LogP contribution in [0, 0.1) is 5.92 Å². The van der Waals surface area contributed by atoms with Gasteiger partial charge in [-0.1, -0.05) is 0 Å². The van der Waals surface area contributed by atoms with Gasteiger partial charge in [0.25, 0.3) is 5.56 Å². The molecule has 2 aliphatic rings. The molecule has 3 heterocycles. The van der Waals surface area contributed by atoms with E-state index in [1.807, 2.05) is 20.8 Å². The van der Waals surface area contributed by atoms with Crippen LogP contribution in [0.3, 0.4) is 0 Å². The monoisotopic (exact) mass is 419 g/mol. The lowest BCUT2D eigenvalue weighted by Crippen LogP contribution is -2.50. The van der Waals surface area contributed by atoms with E-state index in [1.54, 1.807) is 24.2 Å². The number of piperidine rings is 2. The highest BCUT2D eigenvalue weighted by molar-refractivity contribution is 5.80. The number of ether oxygens (including phenoxy) is 1. The van der Waals surface area contributed by atoms with Crippen LogP contribution in [0.15, 0.2) is 17.1 Å². The first-order valence-corrected chi connectivity index (χ1v) is 10.7. The summed E-state index contributed by atoms with van der Waals surface area (Å²) in [6.07, 6.45) is 4.55. The van der Waals surface area contributed by atoms with Crippen LogP contribution >= 0.6 is 0 Å². The Hall–Kier alpha value is -2.58. The summed E-state index contributed by atoms with van der Waals surface area (Å²) in [4.78, 5) is 40.7. The first-order valence-electron chi connectivity index (χ1n) is 10.7. The molecule has 2 aliphatic heterocycles. The van der Waals surface area contributed by atoms with Gasteiger partial charge >= 0.3 is 6.09 Å². The zero-order chi connectivity index (χ0) is 21.9. The number of amides is 2. The van der Waals surface area contributed by atoms with Crippen LogP contribution in [-0.2, 0) is 16.6 Å². The molecule has 9 heteroatoms. The molecule has 1 N–H and O–H groups in total. The molecule has 1 aromatic heterocycles. The van der Waals surface area contributed by atoms with E-state index in [1.165, 1.54) is 4.68 Å². The van der Waals surface area contributed by atoms with Crippen molar-refractivity contribution in [1.29, 1.82) is 0 Å². The smallest absolute Gasteiger partial charge is 0.410 e. The van der Waals surface area contributed by atoms with Crippen molar-refractivity contribution in [3.8, 4) is 0 Å². The average molecular weight is 420 g/mol. The fourth-order valence-corrected chi connectivity index (χ4v) is 3.91. The zero-order valence-corrected chi connectivity index (χ0v) is 18.4. The number of nitrogens with one attached hydrogen (secondary N) is 1. The largest absolute Gasteiger partial charge is 0.444 e. The highest BCUT2D eigenvalue weighted by atomic mass is 16.6. The number of hydrogen-bond donors (Lipinski definition) is 1. The number of aryl methyl sites for hydroxylation is 1. The van der Waals surface area contributed by atoms with Crippen molar-refractivity contribution >= 4 is 17.7 Å². The molecule has 0 radical (unpaired) electrons. The number of carbonyl (C=O) groups excluding carboxylic acids is 2. The molecule has 0 spiro atoms. The molecule has 0 aliphatic carbocycles. The quantitative estimate of drug-likeness (QED) is 0.798. The van der Waals surface area contributed by atoms with Crippen LogP contribution in [0.2, 0.25) is 0 Å². The van der Waals surface area contributed by atoms with Crippen molar-refractivity contribution in [3.63, 3.8) is 0 Å². The summed E-state index contributed by atoms with van der Waals surface area (Å²) in [7, 11) is 1.62. The maximum absolute atomic E-state index is 12.8. The fraction of sp³-hybridized carbons (Fsp3) is 0.714. The van der Waals surface area contributed by atoms with Gasteiger partial charge in [-0.3, -0.25) is 9.59 Å². The van der Waals surface area contributed by atoms with Gasteiger partial charge in [0, 0.05) is 45.3 Å². The number of aromatic nitrogens is 2. The number of rotatable bonds is 3. The van der Waals surface area contributed by atoms with Crippen molar-refractivity contribution in [3.05, 3.63) is 22.6 Å². The van der Waals surface area contributed by atoms with E-state index in [2.05, 4.69) is 15.3 Å². The minimum absolute atomic E-state index is 0.0483. The molecule has 166 valence electrons. The van der Waals surface area contributed by atoms with Crippen LogP contribution in [-0.4, -0.2) is 64.5 Å². The van der Waals surface area contributed by atoms with Gasteiger partial charge in [-0.2, -0.15) is 5.10 Å². The van der Waals surface area contributed by atoms with Gasteiger partial charge in [0.15, 0.2) is 0 Å². The second-order valence-electron chi connectivity index (χ2n) is 9.21. The van der Waals surface area contributed by atoms with Crippen LogP contribution in [0.1, 0.15) is 46.5 Å². The minimum atomic E-state index is -0.506. The third-order valence-corrected chi connectivity index (χ3v) is 5.60. The summed E-state index contributed by atoms with van der Waals surface area (Å²) in [6, 6.07) is 1.64. The Morgan fingerprint density at radius 1 is 1.17 bits per heavy atom. The third kappa shape index (κ3) is 5.73. The van der Waals surface area contributed by atoms with E-state index in [0.29, 0.717) is 19.6 Å². The number of anilines is 1. The molecule has 0 aromatic carbocycles. The normalized spacial score (nSPS) is 20.7. The molecule has 30 heavy (non-hydrogen) atoms. The van der Waals surface area contributed by atoms with Crippen molar-refractivity contribution in [2.45, 2.75) is 58.1 Å². The van der Waals surface area contributed by atoms with Gasteiger partial charge < -0.3 is 19.9 Å².